The molecule has 0 aliphatic rings. The average Bonchev–Trinajstić information content (AvgIpc) is 2.88. The molecule has 0 saturated heterocycles. The second-order valence-corrected chi connectivity index (χ2v) is 8.79. The minimum atomic E-state index is -1.08. The number of rotatable bonds is 7. The molecule has 1 radical (unpaired) electrons. The molecule has 0 spiro atoms. The standard InChI is InChI=1S/C27H30N2O3.2C2H4O2.Co/c1-6-19-10-17(3)12-21(26(19)30)15-28-24-9-8-23(32-5)14-25(24)29-16-22-13-18(4)11-20(7-2)27(22)31;2*1-2(3)4;/h8-16,30-31H,6-7H2,1-5H3;2*1H3,(H,3,4);/q;;;+2/p-2. The number of carbonyl (C=O) groups is 2. The van der Waals surface area contributed by atoms with Gasteiger partial charge in [-0.3, -0.25) is 9.98 Å². The number of ether oxygens (including phenoxy) is 1. The second-order valence-electron chi connectivity index (χ2n) is 8.79. The Kier molecular flexibility index (Phi) is 16.4. The summed E-state index contributed by atoms with van der Waals surface area (Å²) in [5, 5.41) is 38.9. The zero-order valence-corrected chi connectivity index (χ0v) is 25.3. The van der Waals surface area contributed by atoms with Crippen molar-refractivity contribution >= 4 is 35.7 Å². The molecule has 0 aromatic heterocycles. The Hall–Kier alpha value is -4.15. The number of carbonyl (C=O) groups excluding carboxylic acids is 2. The van der Waals surface area contributed by atoms with Crippen LogP contribution in [-0.2, 0) is 39.2 Å². The predicted molar refractivity (Wildman–Crippen MR) is 153 cm³/mol. The maximum Gasteiger partial charge on any atom is 2.00 e. The van der Waals surface area contributed by atoms with Crippen molar-refractivity contribution in [2.45, 2.75) is 54.4 Å². The number of aliphatic imine (C=N–C) groups is 2. The minimum absolute atomic E-state index is 0. The van der Waals surface area contributed by atoms with Gasteiger partial charge in [0.1, 0.15) is 17.2 Å². The van der Waals surface area contributed by atoms with Crippen LogP contribution in [0.3, 0.4) is 0 Å². The molecule has 3 aromatic rings. The molecule has 0 bridgehead atoms. The van der Waals surface area contributed by atoms with Crippen molar-refractivity contribution < 1.29 is 51.5 Å². The second kappa shape index (κ2) is 18.2. The smallest absolute Gasteiger partial charge is 0.550 e. The van der Waals surface area contributed by atoms with Crippen molar-refractivity contribution in [3.63, 3.8) is 0 Å². The molecule has 0 unspecified atom stereocenters. The summed E-state index contributed by atoms with van der Waals surface area (Å²) in [5.74, 6) is -1.02. The van der Waals surface area contributed by atoms with Gasteiger partial charge in [-0.1, -0.05) is 26.0 Å². The molecule has 2 N–H and O–H groups in total. The molecular formula is C31H36CoN2O7. The van der Waals surface area contributed by atoms with Gasteiger partial charge in [0.25, 0.3) is 0 Å². The Morgan fingerprint density at radius 3 is 1.54 bits per heavy atom. The van der Waals surface area contributed by atoms with E-state index in [1.165, 1.54) is 0 Å². The number of phenols is 2. The topological polar surface area (TPSA) is 155 Å². The van der Waals surface area contributed by atoms with Crippen LogP contribution >= 0.6 is 0 Å². The predicted octanol–water partition coefficient (Wildman–Crippen LogP) is 3.86. The molecule has 0 fully saturated rings. The minimum Gasteiger partial charge on any atom is -0.550 e. The first-order chi connectivity index (χ1) is 18.8. The van der Waals surface area contributed by atoms with Crippen molar-refractivity contribution in [2.24, 2.45) is 9.98 Å². The van der Waals surface area contributed by atoms with Crippen molar-refractivity contribution in [2.75, 3.05) is 7.11 Å². The number of aliphatic carboxylic acids is 2. The Bertz CT molecular complexity index is 1370. The van der Waals surface area contributed by atoms with Gasteiger partial charge >= 0.3 is 16.8 Å². The molecule has 0 heterocycles. The van der Waals surface area contributed by atoms with Crippen LogP contribution in [-0.4, -0.2) is 41.7 Å². The summed E-state index contributed by atoms with van der Waals surface area (Å²) in [5.41, 5.74) is 6.45. The Balaban J connectivity index is 0.00000158. The van der Waals surface area contributed by atoms with Crippen molar-refractivity contribution in [3.05, 3.63) is 75.8 Å². The maximum absolute atomic E-state index is 10.5. The summed E-state index contributed by atoms with van der Waals surface area (Å²) in [6, 6.07) is 13.2. The third-order valence-corrected chi connectivity index (χ3v) is 5.36. The summed E-state index contributed by atoms with van der Waals surface area (Å²) >= 11 is 0. The summed E-state index contributed by atoms with van der Waals surface area (Å²) in [6.45, 7) is 9.96. The largest absolute Gasteiger partial charge is 2.00 e. The molecule has 0 amide bonds. The van der Waals surface area contributed by atoms with Crippen LogP contribution in [0.25, 0.3) is 0 Å². The fourth-order valence-corrected chi connectivity index (χ4v) is 3.62. The van der Waals surface area contributed by atoms with Gasteiger partial charge in [-0.05, 0) is 87.1 Å². The van der Waals surface area contributed by atoms with Crippen LogP contribution < -0.4 is 14.9 Å². The number of phenolic OH excluding ortho intramolecular Hbond substituents is 2. The number of benzene rings is 3. The SMILES string of the molecule is CC(=O)[O-].CC(=O)[O-].CCc1cc(C)cc(C=Nc2ccc(OC)cc2N=Cc2cc(C)cc(CC)c2O)c1O.[Co+2]. The molecule has 221 valence electrons. The molecule has 0 saturated carbocycles. The summed E-state index contributed by atoms with van der Waals surface area (Å²) in [7, 11) is 1.60. The zero-order valence-electron chi connectivity index (χ0n) is 24.3. The Morgan fingerprint density at radius 2 is 1.17 bits per heavy atom. The van der Waals surface area contributed by atoms with Crippen LogP contribution in [0.5, 0.6) is 17.2 Å². The van der Waals surface area contributed by atoms with Gasteiger partial charge in [-0.2, -0.15) is 0 Å². The first-order valence-corrected chi connectivity index (χ1v) is 12.6. The van der Waals surface area contributed by atoms with Crippen LogP contribution in [0.15, 0.2) is 52.4 Å². The van der Waals surface area contributed by atoms with E-state index in [1.54, 1.807) is 25.6 Å². The number of hydrogen-bond donors (Lipinski definition) is 2. The summed E-state index contributed by atoms with van der Waals surface area (Å²) in [4.78, 5) is 27.0. The molecule has 41 heavy (non-hydrogen) atoms. The van der Waals surface area contributed by atoms with Gasteiger partial charge < -0.3 is 34.8 Å². The van der Waals surface area contributed by atoms with Crippen LogP contribution in [0.1, 0.15) is 61.1 Å². The summed E-state index contributed by atoms with van der Waals surface area (Å²) < 4.78 is 5.35. The van der Waals surface area contributed by atoms with Crippen molar-refractivity contribution in [3.8, 4) is 17.2 Å². The van der Waals surface area contributed by atoms with Gasteiger partial charge in [0.2, 0.25) is 0 Å². The third-order valence-electron chi connectivity index (χ3n) is 5.36. The van der Waals surface area contributed by atoms with E-state index < -0.39 is 11.9 Å². The fraction of sp³-hybridized carbons (Fsp3) is 0.290. The van der Waals surface area contributed by atoms with Crippen LogP contribution in [0.2, 0.25) is 0 Å². The Labute approximate surface area is 251 Å². The number of nitrogens with zero attached hydrogens (tertiary/aromatic N) is 2. The summed E-state index contributed by atoms with van der Waals surface area (Å²) in [6.07, 6.45) is 4.78. The van der Waals surface area contributed by atoms with Gasteiger partial charge in [0.15, 0.2) is 0 Å². The van der Waals surface area contributed by atoms with E-state index in [0.717, 1.165) is 48.9 Å². The first kappa shape index (κ1) is 36.8. The molecule has 0 aliphatic carbocycles. The third kappa shape index (κ3) is 12.7. The van der Waals surface area contributed by atoms with E-state index >= 15 is 0 Å². The average molecular weight is 608 g/mol. The van der Waals surface area contributed by atoms with E-state index in [2.05, 4.69) is 9.98 Å². The number of aryl methyl sites for hydroxylation is 4. The van der Waals surface area contributed by atoms with Gasteiger partial charge in [-0.25, -0.2) is 0 Å². The van der Waals surface area contributed by atoms with Crippen molar-refractivity contribution in [1.29, 1.82) is 0 Å². The van der Waals surface area contributed by atoms with Gasteiger partial charge in [-0.15, -0.1) is 0 Å². The monoisotopic (exact) mass is 607 g/mol. The van der Waals surface area contributed by atoms with E-state index in [-0.39, 0.29) is 28.3 Å². The normalized spacial score (nSPS) is 10.2. The number of methoxy groups -OCH3 is 1. The molecule has 0 aliphatic heterocycles. The number of hydrogen-bond acceptors (Lipinski definition) is 9. The van der Waals surface area contributed by atoms with E-state index in [0.29, 0.717) is 28.3 Å². The molecule has 3 aromatic carbocycles. The molecular weight excluding hydrogens is 571 g/mol. The fourth-order valence-electron chi connectivity index (χ4n) is 3.62. The molecule has 3 rings (SSSR count). The zero-order chi connectivity index (χ0) is 30.4. The van der Waals surface area contributed by atoms with Crippen LogP contribution in [0.4, 0.5) is 11.4 Å². The van der Waals surface area contributed by atoms with E-state index in [9.17, 15) is 10.2 Å². The number of carboxylic acid groups (broad SMARTS) is 2. The van der Waals surface area contributed by atoms with Gasteiger partial charge in [0, 0.05) is 41.6 Å². The van der Waals surface area contributed by atoms with Crippen molar-refractivity contribution in [1.82, 2.24) is 0 Å². The first-order valence-electron chi connectivity index (χ1n) is 12.6. The van der Waals surface area contributed by atoms with Gasteiger partial charge in [0.05, 0.1) is 18.5 Å². The van der Waals surface area contributed by atoms with E-state index in [4.69, 9.17) is 24.5 Å². The Morgan fingerprint density at radius 1 is 0.780 bits per heavy atom. The molecule has 10 heteroatoms. The molecule has 9 nitrogen and oxygen atoms in total. The van der Waals surface area contributed by atoms with Crippen LogP contribution in [0, 0.1) is 13.8 Å². The number of aromatic hydroxyl groups is 2. The quantitative estimate of drug-likeness (QED) is 0.387. The number of carboxylic acids is 2. The van der Waals surface area contributed by atoms with E-state index in [1.807, 2.05) is 64.1 Å². The molecule has 0 atom stereocenters. The maximum atomic E-state index is 10.5.